The van der Waals surface area contributed by atoms with E-state index >= 15 is 0 Å². The number of carbonyl (C=O) groups excluding carboxylic acids is 1. The second kappa shape index (κ2) is 5.38. The van der Waals surface area contributed by atoms with Crippen LogP contribution in [-0.4, -0.2) is 5.97 Å². The summed E-state index contributed by atoms with van der Waals surface area (Å²) in [6.45, 7) is 7.50. The predicted octanol–water partition coefficient (Wildman–Crippen LogP) is 3.82. The molecule has 0 heterocycles. The molecular formula is C16H20O2. The summed E-state index contributed by atoms with van der Waals surface area (Å²) in [6.07, 6.45) is 3.09. The number of aryl methyl sites for hydroxylation is 1. The SMILES string of the molecule is C=C(C)C(=O)OC1c2ccccc2CCC1CC. The fourth-order valence-corrected chi connectivity index (χ4v) is 2.58. The molecule has 1 aliphatic rings. The summed E-state index contributed by atoms with van der Waals surface area (Å²) in [6, 6.07) is 8.26. The molecule has 0 aliphatic heterocycles. The lowest BCUT2D eigenvalue weighted by atomic mass is 9.80. The number of esters is 1. The fourth-order valence-electron chi connectivity index (χ4n) is 2.58. The van der Waals surface area contributed by atoms with Gasteiger partial charge in [0.15, 0.2) is 0 Å². The fraction of sp³-hybridized carbons (Fsp3) is 0.438. The molecular weight excluding hydrogens is 224 g/mol. The van der Waals surface area contributed by atoms with E-state index in [2.05, 4.69) is 25.6 Å². The van der Waals surface area contributed by atoms with Crippen LogP contribution in [0.15, 0.2) is 36.4 Å². The molecule has 0 radical (unpaired) electrons. The van der Waals surface area contributed by atoms with Gasteiger partial charge in [-0.15, -0.1) is 0 Å². The average Bonchev–Trinajstić information content (AvgIpc) is 2.39. The molecule has 2 nitrogen and oxygen atoms in total. The van der Waals surface area contributed by atoms with Gasteiger partial charge in [-0.1, -0.05) is 37.8 Å². The summed E-state index contributed by atoms with van der Waals surface area (Å²) < 4.78 is 5.64. The van der Waals surface area contributed by atoms with Crippen molar-refractivity contribution in [2.45, 2.75) is 39.2 Å². The molecule has 18 heavy (non-hydrogen) atoms. The van der Waals surface area contributed by atoms with Crippen LogP contribution in [-0.2, 0) is 16.0 Å². The van der Waals surface area contributed by atoms with Crippen molar-refractivity contribution in [1.29, 1.82) is 0 Å². The Hall–Kier alpha value is -1.57. The molecule has 0 amide bonds. The molecule has 0 aromatic heterocycles. The van der Waals surface area contributed by atoms with E-state index in [1.165, 1.54) is 11.1 Å². The first kappa shape index (κ1) is 12.9. The number of benzene rings is 1. The molecule has 0 spiro atoms. The number of hydrogen-bond acceptors (Lipinski definition) is 2. The van der Waals surface area contributed by atoms with Gasteiger partial charge in [0.25, 0.3) is 0 Å². The van der Waals surface area contributed by atoms with Gasteiger partial charge in [0, 0.05) is 11.5 Å². The Balaban J connectivity index is 2.29. The van der Waals surface area contributed by atoms with E-state index in [4.69, 9.17) is 4.74 Å². The maximum absolute atomic E-state index is 11.8. The summed E-state index contributed by atoms with van der Waals surface area (Å²) in [4.78, 5) is 11.8. The minimum atomic E-state index is -0.282. The smallest absolute Gasteiger partial charge is 0.333 e. The highest BCUT2D eigenvalue weighted by Gasteiger charge is 2.31. The number of rotatable bonds is 3. The topological polar surface area (TPSA) is 26.3 Å². The molecule has 2 unspecified atom stereocenters. The van der Waals surface area contributed by atoms with Crippen molar-refractivity contribution in [3.8, 4) is 0 Å². The molecule has 1 aromatic carbocycles. The molecule has 0 saturated heterocycles. The predicted molar refractivity (Wildman–Crippen MR) is 72.2 cm³/mol. The molecule has 1 aliphatic carbocycles. The van der Waals surface area contributed by atoms with E-state index < -0.39 is 0 Å². The molecule has 96 valence electrons. The highest BCUT2D eigenvalue weighted by Crippen LogP contribution is 2.39. The summed E-state index contributed by atoms with van der Waals surface area (Å²) in [5.41, 5.74) is 2.94. The molecule has 1 aromatic rings. The van der Waals surface area contributed by atoms with Crippen LogP contribution in [0, 0.1) is 5.92 Å². The van der Waals surface area contributed by atoms with Crippen LogP contribution in [0.25, 0.3) is 0 Å². The minimum Gasteiger partial charge on any atom is -0.454 e. The van der Waals surface area contributed by atoms with Gasteiger partial charge in [-0.3, -0.25) is 0 Å². The van der Waals surface area contributed by atoms with Crippen LogP contribution < -0.4 is 0 Å². The second-order valence-electron chi connectivity index (χ2n) is 5.01. The van der Waals surface area contributed by atoms with Crippen molar-refractivity contribution in [2.24, 2.45) is 5.92 Å². The third-order valence-electron chi connectivity index (χ3n) is 3.68. The van der Waals surface area contributed by atoms with Gasteiger partial charge < -0.3 is 4.74 Å². The average molecular weight is 244 g/mol. The van der Waals surface area contributed by atoms with Gasteiger partial charge in [-0.05, 0) is 37.3 Å². The van der Waals surface area contributed by atoms with E-state index in [-0.39, 0.29) is 12.1 Å². The van der Waals surface area contributed by atoms with Crippen LogP contribution in [0.5, 0.6) is 0 Å². The van der Waals surface area contributed by atoms with Crippen molar-refractivity contribution in [2.75, 3.05) is 0 Å². The van der Waals surface area contributed by atoms with Gasteiger partial charge in [0.05, 0.1) is 0 Å². The third kappa shape index (κ3) is 2.47. The van der Waals surface area contributed by atoms with Gasteiger partial charge >= 0.3 is 5.97 Å². The van der Waals surface area contributed by atoms with Crippen LogP contribution >= 0.6 is 0 Å². The lowest BCUT2D eigenvalue weighted by Crippen LogP contribution is -2.25. The third-order valence-corrected chi connectivity index (χ3v) is 3.68. The lowest BCUT2D eigenvalue weighted by Gasteiger charge is -2.32. The minimum absolute atomic E-state index is 0.107. The van der Waals surface area contributed by atoms with E-state index in [0.717, 1.165) is 19.3 Å². The Morgan fingerprint density at radius 3 is 2.83 bits per heavy atom. The zero-order valence-corrected chi connectivity index (χ0v) is 11.1. The molecule has 0 fully saturated rings. The van der Waals surface area contributed by atoms with Crippen LogP contribution in [0.1, 0.15) is 43.9 Å². The molecule has 2 rings (SSSR count). The Kier molecular flexibility index (Phi) is 3.85. The number of carbonyl (C=O) groups is 1. The van der Waals surface area contributed by atoms with Crippen molar-refractivity contribution in [3.63, 3.8) is 0 Å². The molecule has 2 heteroatoms. The molecule has 0 bridgehead atoms. The quantitative estimate of drug-likeness (QED) is 0.597. The van der Waals surface area contributed by atoms with E-state index in [1.54, 1.807) is 6.92 Å². The first-order valence-corrected chi connectivity index (χ1v) is 6.57. The first-order chi connectivity index (χ1) is 8.63. The van der Waals surface area contributed by atoms with Gasteiger partial charge in [0.1, 0.15) is 6.10 Å². The first-order valence-electron chi connectivity index (χ1n) is 6.57. The zero-order valence-electron chi connectivity index (χ0n) is 11.1. The Labute approximate surface area is 109 Å². The Morgan fingerprint density at radius 1 is 1.44 bits per heavy atom. The monoisotopic (exact) mass is 244 g/mol. The maximum Gasteiger partial charge on any atom is 0.333 e. The van der Waals surface area contributed by atoms with Crippen molar-refractivity contribution >= 4 is 5.97 Å². The summed E-state index contributed by atoms with van der Waals surface area (Å²) >= 11 is 0. The van der Waals surface area contributed by atoms with Crippen LogP contribution in [0.4, 0.5) is 0 Å². The van der Waals surface area contributed by atoms with Gasteiger partial charge in [0.2, 0.25) is 0 Å². The van der Waals surface area contributed by atoms with E-state index in [0.29, 0.717) is 11.5 Å². The number of hydrogen-bond donors (Lipinski definition) is 0. The van der Waals surface area contributed by atoms with Gasteiger partial charge in [-0.25, -0.2) is 4.79 Å². The number of ether oxygens (including phenoxy) is 1. The second-order valence-corrected chi connectivity index (χ2v) is 5.01. The van der Waals surface area contributed by atoms with Crippen molar-refractivity contribution in [1.82, 2.24) is 0 Å². The van der Waals surface area contributed by atoms with Crippen LogP contribution in [0.3, 0.4) is 0 Å². The van der Waals surface area contributed by atoms with Crippen molar-refractivity contribution in [3.05, 3.63) is 47.5 Å². The normalized spacial score (nSPS) is 22.1. The summed E-state index contributed by atoms with van der Waals surface area (Å²) in [5.74, 6) is 0.137. The highest BCUT2D eigenvalue weighted by molar-refractivity contribution is 5.87. The Morgan fingerprint density at radius 2 is 2.17 bits per heavy atom. The van der Waals surface area contributed by atoms with E-state index in [9.17, 15) is 4.79 Å². The van der Waals surface area contributed by atoms with Crippen molar-refractivity contribution < 1.29 is 9.53 Å². The van der Waals surface area contributed by atoms with E-state index in [1.807, 2.05) is 12.1 Å². The standard InChI is InChI=1S/C16H20O2/c1-4-12-9-10-13-7-5-6-8-14(13)15(12)18-16(17)11(2)3/h5-8,12,15H,2,4,9-10H2,1,3H3. The molecule has 2 atom stereocenters. The highest BCUT2D eigenvalue weighted by atomic mass is 16.5. The van der Waals surface area contributed by atoms with Gasteiger partial charge in [-0.2, -0.15) is 0 Å². The number of fused-ring (bicyclic) bond motifs is 1. The Bertz CT molecular complexity index is 462. The molecule has 0 N–H and O–H groups in total. The largest absolute Gasteiger partial charge is 0.454 e. The summed E-state index contributed by atoms with van der Waals surface area (Å²) in [7, 11) is 0. The zero-order chi connectivity index (χ0) is 13.1. The lowest BCUT2D eigenvalue weighted by molar-refractivity contribution is -0.148. The molecule has 0 saturated carbocycles. The summed E-state index contributed by atoms with van der Waals surface area (Å²) in [5, 5.41) is 0. The van der Waals surface area contributed by atoms with Crippen LogP contribution in [0.2, 0.25) is 0 Å². The maximum atomic E-state index is 11.8.